The fourth-order valence-electron chi connectivity index (χ4n) is 1.21. The average molecular weight is 243 g/mol. The molecule has 3 atom stereocenters. The van der Waals surface area contributed by atoms with Crippen LogP contribution >= 0.6 is 0 Å². The van der Waals surface area contributed by atoms with Gasteiger partial charge >= 0.3 is 0 Å². The lowest BCUT2D eigenvalue weighted by Crippen LogP contribution is -2.47. The molecule has 2 amide bonds. The largest absolute Gasteiger partial charge is 0.352 e. The lowest BCUT2D eigenvalue weighted by Gasteiger charge is -2.17. The summed E-state index contributed by atoms with van der Waals surface area (Å²) in [4.78, 5) is 23.1. The van der Waals surface area contributed by atoms with Gasteiger partial charge in [0.15, 0.2) is 0 Å². The van der Waals surface area contributed by atoms with Gasteiger partial charge in [-0.1, -0.05) is 6.92 Å². The van der Waals surface area contributed by atoms with Crippen LogP contribution in [0.2, 0.25) is 0 Å². The molecular formula is C12H25N3O2. The van der Waals surface area contributed by atoms with Crippen molar-refractivity contribution in [3.63, 3.8) is 0 Å². The second-order valence-corrected chi connectivity index (χ2v) is 4.62. The van der Waals surface area contributed by atoms with Gasteiger partial charge in [0.05, 0.1) is 0 Å². The molecule has 0 rings (SSSR count). The van der Waals surface area contributed by atoms with Gasteiger partial charge in [-0.15, -0.1) is 0 Å². The molecule has 0 radical (unpaired) electrons. The van der Waals surface area contributed by atoms with Gasteiger partial charge in [0.25, 0.3) is 0 Å². The minimum absolute atomic E-state index is 0.00463. The van der Waals surface area contributed by atoms with Crippen molar-refractivity contribution in [1.82, 2.24) is 10.6 Å². The Balaban J connectivity index is 3.94. The second kappa shape index (κ2) is 8.06. The molecule has 0 saturated carbocycles. The minimum Gasteiger partial charge on any atom is -0.352 e. The molecule has 0 heterocycles. The lowest BCUT2D eigenvalue weighted by molar-refractivity contribution is -0.129. The van der Waals surface area contributed by atoms with Gasteiger partial charge in [-0.05, 0) is 33.6 Å². The molecular weight excluding hydrogens is 218 g/mol. The molecule has 0 aromatic rings. The zero-order valence-electron chi connectivity index (χ0n) is 11.2. The topological polar surface area (TPSA) is 84.2 Å². The number of amides is 2. The SMILES string of the molecule is CCC(C)NC(=O)C(C)NC(=O)CCC(C)N. The highest BCUT2D eigenvalue weighted by Crippen LogP contribution is 1.95. The van der Waals surface area contributed by atoms with Gasteiger partial charge in [0, 0.05) is 18.5 Å². The molecule has 4 N–H and O–H groups in total. The number of nitrogens with two attached hydrogens (primary N) is 1. The Morgan fingerprint density at radius 1 is 1.18 bits per heavy atom. The maximum absolute atomic E-state index is 11.6. The Labute approximate surface area is 104 Å². The molecule has 3 unspecified atom stereocenters. The van der Waals surface area contributed by atoms with Crippen LogP contribution in [0.3, 0.4) is 0 Å². The van der Waals surface area contributed by atoms with Gasteiger partial charge in [0.2, 0.25) is 11.8 Å². The van der Waals surface area contributed by atoms with E-state index in [1.165, 1.54) is 0 Å². The van der Waals surface area contributed by atoms with E-state index in [0.29, 0.717) is 12.8 Å². The molecule has 5 nitrogen and oxygen atoms in total. The van der Waals surface area contributed by atoms with Gasteiger partial charge < -0.3 is 16.4 Å². The van der Waals surface area contributed by atoms with E-state index < -0.39 is 6.04 Å². The van der Waals surface area contributed by atoms with Crippen molar-refractivity contribution >= 4 is 11.8 Å². The first-order valence-corrected chi connectivity index (χ1v) is 6.22. The van der Waals surface area contributed by atoms with Crippen molar-refractivity contribution in [2.24, 2.45) is 5.73 Å². The van der Waals surface area contributed by atoms with E-state index in [2.05, 4.69) is 10.6 Å². The van der Waals surface area contributed by atoms with Crippen LogP contribution in [-0.2, 0) is 9.59 Å². The van der Waals surface area contributed by atoms with Crippen LogP contribution in [0.25, 0.3) is 0 Å². The molecule has 0 aliphatic carbocycles. The summed E-state index contributed by atoms with van der Waals surface area (Å²) < 4.78 is 0. The molecule has 0 bridgehead atoms. The zero-order chi connectivity index (χ0) is 13.4. The van der Waals surface area contributed by atoms with Crippen molar-refractivity contribution in [2.75, 3.05) is 0 Å². The third-order valence-corrected chi connectivity index (χ3v) is 2.60. The Hall–Kier alpha value is -1.10. The van der Waals surface area contributed by atoms with Crippen LogP contribution in [0.4, 0.5) is 0 Å². The second-order valence-electron chi connectivity index (χ2n) is 4.62. The third-order valence-electron chi connectivity index (χ3n) is 2.60. The summed E-state index contributed by atoms with van der Waals surface area (Å²) in [6.07, 6.45) is 1.86. The van der Waals surface area contributed by atoms with Crippen molar-refractivity contribution in [1.29, 1.82) is 0 Å². The van der Waals surface area contributed by atoms with Gasteiger partial charge in [0.1, 0.15) is 6.04 Å². The number of rotatable bonds is 7. The number of carbonyl (C=O) groups excluding carboxylic acids is 2. The fourth-order valence-corrected chi connectivity index (χ4v) is 1.21. The van der Waals surface area contributed by atoms with Crippen LogP contribution in [0, 0.1) is 0 Å². The van der Waals surface area contributed by atoms with Crippen molar-refractivity contribution < 1.29 is 9.59 Å². The molecule has 0 aromatic heterocycles. The predicted octanol–water partition coefficient (Wildman–Crippen LogP) is 0.533. The zero-order valence-corrected chi connectivity index (χ0v) is 11.2. The molecule has 0 aliphatic heterocycles. The van der Waals surface area contributed by atoms with Crippen molar-refractivity contribution in [2.45, 2.75) is 65.1 Å². The van der Waals surface area contributed by atoms with Gasteiger partial charge in [-0.2, -0.15) is 0 Å². The summed E-state index contributed by atoms with van der Waals surface area (Å²) in [7, 11) is 0. The Kier molecular flexibility index (Phi) is 7.54. The fraction of sp³-hybridized carbons (Fsp3) is 0.833. The molecule has 0 aliphatic rings. The summed E-state index contributed by atoms with van der Waals surface area (Å²) in [5.41, 5.74) is 5.56. The first-order chi connectivity index (χ1) is 7.86. The highest BCUT2D eigenvalue weighted by atomic mass is 16.2. The number of nitrogens with one attached hydrogen (secondary N) is 2. The minimum atomic E-state index is -0.496. The summed E-state index contributed by atoms with van der Waals surface area (Å²) >= 11 is 0. The Bertz CT molecular complexity index is 254. The van der Waals surface area contributed by atoms with E-state index in [1.807, 2.05) is 20.8 Å². The van der Waals surface area contributed by atoms with Crippen LogP contribution in [-0.4, -0.2) is 29.9 Å². The molecule has 0 fully saturated rings. The summed E-state index contributed by atoms with van der Waals surface area (Å²) in [6.45, 7) is 7.47. The molecule has 0 saturated heterocycles. The quantitative estimate of drug-likeness (QED) is 0.610. The number of hydrogen-bond donors (Lipinski definition) is 3. The van der Waals surface area contributed by atoms with E-state index in [1.54, 1.807) is 6.92 Å². The molecule has 100 valence electrons. The monoisotopic (exact) mass is 243 g/mol. The Morgan fingerprint density at radius 2 is 1.76 bits per heavy atom. The Morgan fingerprint density at radius 3 is 2.24 bits per heavy atom. The van der Waals surface area contributed by atoms with E-state index in [0.717, 1.165) is 6.42 Å². The third kappa shape index (κ3) is 7.74. The van der Waals surface area contributed by atoms with Crippen LogP contribution in [0.5, 0.6) is 0 Å². The van der Waals surface area contributed by atoms with Crippen LogP contribution in [0.15, 0.2) is 0 Å². The van der Waals surface area contributed by atoms with Crippen LogP contribution in [0.1, 0.15) is 47.0 Å². The molecule has 0 spiro atoms. The molecule has 5 heteroatoms. The maximum Gasteiger partial charge on any atom is 0.242 e. The van der Waals surface area contributed by atoms with E-state index >= 15 is 0 Å². The first kappa shape index (κ1) is 15.9. The van der Waals surface area contributed by atoms with E-state index in [9.17, 15) is 9.59 Å². The normalized spacial score (nSPS) is 15.8. The average Bonchev–Trinajstić information content (AvgIpc) is 2.25. The van der Waals surface area contributed by atoms with Gasteiger partial charge in [-0.25, -0.2) is 0 Å². The summed E-state index contributed by atoms with van der Waals surface area (Å²) in [5.74, 6) is -0.275. The highest BCUT2D eigenvalue weighted by molar-refractivity contribution is 5.87. The highest BCUT2D eigenvalue weighted by Gasteiger charge is 2.16. The number of carbonyl (C=O) groups is 2. The van der Waals surface area contributed by atoms with Crippen molar-refractivity contribution in [3.05, 3.63) is 0 Å². The van der Waals surface area contributed by atoms with Crippen molar-refractivity contribution in [3.8, 4) is 0 Å². The smallest absolute Gasteiger partial charge is 0.242 e. The predicted molar refractivity (Wildman–Crippen MR) is 68.4 cm³/mol. The molecule has 0 aromatic carbocycles. The van der Waals surface area contributed by atoms with E-state index in [-0.39, 0.29) is 23.9 Å². The molecule has 17 heavy (non-hydrogen) atoms. The van der Waals surface area contributed by atoms with E-state index in [4.69, 9.17) is 5.73 Å². The number of hydrogen-bond acceptors (Lipinski definition) is 3. The summed E-state index contributed by atoms with van der Waals surface area (Å²) in [6, 6.07) is -0.361. The van der Waals surface area contributed by atoms with Crippen LogP contribution < -0.4 is 16.4 Å². The lowest BCUT2D eigenvalue weighted by atomic mass is 10.2. The van der Waals surface area contributed by atoms with Gasteiger partial charge in [-0.3, -0.25) is 9.59 Å². The summed E-state index contributed by atoms with van der Waals surface area (Å²) in [5, 5.41) is 5.48. The maximum atomic E-state index is 11.6. The standard InChI is InChI=1S/C12H25N3O2/c1-5-9(3)14-12(17)10(4)15-11(16)7-6-8(2)13/h8-10H,5-7,13H2,1-4H3,(H,14,17)(H,15,16). The first-order valence-electron chi connectivity index (χ1n) is 6.22.